The third kappa shape index (κ3) is 7.26. The Morgan fingerprint density at radius 3 is 2.54 bits per heavy atom. The fourth-order valence-electron chi connectivity index (χ4n) is 0.895. The molecule has 0 aromatic carbocycles. The second-order valence-electron chi connectivity index (χ2n) is 2.66. The minimum absolute atomic E-state index is 0.202. The van der Waals surface area contributed by atoms with Crippen molar-refractivity contribution in [1.82, 2.24) is 0 Å². The molecule has 0 aromatic heterocycles. The molecule has 0 aliphatic carbocycles. The summed E-state index contributed by atoms with van der Waals surface area (Å²) >= 11 is 3.48. The molecule has 2 nitrogen and oxygen atoms in total. The average Bonchev–Trinajstić information content (AvgIpc) is 2.10. The first-order chi connectivity index (χ1) is 6.22. The normalized spacial score (nSPS) is 12.8. The second kappa shape index (κ2) is 8.75. The summed E-state index contributed by atoms with van der Waals surface area (Å²) in [6.07, 6.45) is 1.84. The van der Waals surface area contributed by atoms with Crippen molar-refractivity contribution in [2.45, 2.75) is 31.9 Å². The minimum atomic E-state index is -0.671. The van der Waals surface area contributed by atoms with E-state index in [9.17, 15) is 4.79 Å². The zero-order valence-electron chi connectivity index (χ0n) is 8.28. The highest BCUT2D eigenvalue weighted by molar-refractivity contribution is 8.01. The summed E-state index contributed by atoms with van der Waals surface area (Å²) in [7, 11) is 0. The van der Waals surface area contributed by atoms with Gasteiger partial charge in [-0.25, -0.2) is 0 Å². The summed E-state index contributed by atoms with van der Waals surface area (Å²) in [6.45, 7) is 4.07. The van der Waals surface area contributed by atoms with Gasteiger partial charge in [-0.05, 0) is 30.1 Å². The molecule has 0 saturated heterocycles. The molecule has 1 unspecified atom stereocenters. The minimum Gasteiger partial charge on any atom is -0.480 e. The summed E-state index contributed by atoms with van der Waals surface area (Å²) < 4.78 is 0. The lowest BCUT2D eigenvalue weighted by molar-refractivity contribution is -0.136. The van der Waals surface area contributed by atoms with Crippen molar-refractivity contribution in [3.63, 3.8) is 0 Å². The van der Waals surface area contributed by atoms with Gasteiger partial charge in [0.05, 0.1) is 0 Å². The van der Waals surface area contributed by atoms with Crippen molar-refractivity contribution in [1.29, 1.82) is 0 Å². The molecule has 0 radical (unpaired) electrons. The average molecular weight is 222 g/mol. The zero-order chi connectivity index (χ0) is 10.1. The van der Waals surface area contributed by atoms with Gasteiger partial charge in [-0.3, -0.25) is 4.79 Å². The van der Waals surface area contributed by atoms with Crippen LogP contribution in [0.25, 0.3) is 0 Å². The van der Waals surface area contributed by atoms with Gasteiger partial charge in [0.1, 0.15) is 5.25 Å². The molecule has 1 N–H and O–H groups in total. The number of hydrogen-bond acceptors (Lipinski definition) is 3. The Morgan fingerprint density at radius 2 is 2.08 bits per heavy atom. The van der Waals surface area contributed by atoms with Crippen LogP contribution in [0.3, 0.4) is 0 Å². The van der Waals surface area contributed by atoms with E-state index >= 15 is 0 Å². The molecule has 0 aromatic rings. The lowest BCUT2D eigenvalue weighted by Gasteiger charge is -2.08. The van der Waals surface area contributed by atoms with E-state index in [1.54, 1.807) is 11.8 Å². The van der Waals surface area contributed by atoms with Crippen molar-refractivity contribution >= 4 is 29.5 Å². The third-order valence-electron chi connectivity index (χ3n) is 1.60. The summed E-state index contributed by atoms with van der Waals surface area (Å²) in [4.78, 5) is 10.6. The fourth-order valence-corrected chi connectivity index (χ4v) is 2.69. The molecule has 4 heteroatoms. The van der Waals surface area contributed by atoms with E-state index in [1.165, 1.54) is 0 Å². The number of thioether (sulfide) groups is 2. The van der Waals surface area contributed by atoms with Gasteiger partial charge in [0.25, 0.3) is 0 Å². The summed E-state index contributed by atoms with van der Waals surface area (Å²) in [5, 5.41) is 8.55. The molecular formula is C9H18O2S2. The highest BCUT2D eigenvalue weighted by Gasteiger charge is 2.14. The number of carboxylic acid groups (broad SMARTS) is 1. The molecule has 0 aliphatic rings. The molecule has 0 rings (SSSR count). The van der Waals surface area contributed by atoms with E-state index in [1.807, 2.05) is 18.7 Å². The van der Waals surface area contributed by atoms with Gasteiger partial charge in [-0.15, -0.1) is 11.8 Å². The Morgan fingerprint density at radius 1 is 1.38 bits per heavy atom. The summed E-state index contributed by atoms with van der Waals surface area (Å²) in [5.41, 5.74) is 0. The maximum atomic E-state index is 10.6. The molecule has 0 saturated carbocycles. The summed E-state index contributed by atoms with van der Waals surface area (Å²) in [6, 6.07) is 0. The van der Waals surface area contributed by atoms with Gasteiger partial charge in [-0.1, -0.05) is 13.8 Å². The predicted octanol–water partition coefficient (Wildman–Crippen LogP) is 2.73. The topological polar surface area (TPSA) is 37.3 Å². The highest BCUT2D eigenvalue weighted by atomic mass is 32.2. The van der Waals surface area contributed by atoms with E-state index in [0.717, 1.165) is 30.1 Å². The van der Waals surface area contributed by atoms with E-state index in [4.69, 9.17) is 5.11 Å². The van der Waals surface area contributed by atoms with Crippen LogP contribution in [0, 0.1) is 0 Å². The van der Waals surface area contributed by atoms with Crippen LogP contribution in [-0.4, -0.2) is 33.6 Å². The number of carboxylic acids is 1. The number of rotatable bonds is 8. The Kier molecular flexibility index (Phi) is 8.87. The highest BCUT2D eigenvalue weighted by Crippen LogP contribution is 2.16. The van der Waals surface area contributed by atoms with Gasteiger partial charge in [0.15, 0.2) is 0 Å². The second-order valence-corrected chi connectivity index (χ2v) is 5.36. The lowest BCUT2D eigenvalue weighted by atomic mass is 10.3. The number of carbonyl (C=O) groups is 1. The molecular weight excluding hydrogens is 204 g/mol. The van der Waals surface area contributed by atoms with Gasteiger partial charge in [0, 0.05) is 0 Å². The van der Waals surface area contributed by atoms with E-state index in [-0.39, 0.29) is 5.25 Å². The van der Waals surface area contributed by atoms with Crippen LogP contribution in [-0.2, 0) is 4.79 Å². The van der Waals surface area contributed by atoms with Crippen LogP contribution in [0.1, 0.15) is 26.7 Å². The van der Waals surface area contributed by atoms with Crippen LogP contribution in [0.5, 0.6) is 0 Å². The fraction of sp³-hybridized carbons (Fsp3) is 0.889. The molecule has 0 amide bonds. The van der Waals surface area contributed by atoms with Gasteiger partial charge >= 0.3 is 5.97 Å². The van der Waals surface area contributed by atoms with Crippen LogP contribution in [0.15, 0.2) is 0 Å². The first-order valence-corrected chi connectivity index (χ1v) is 6.84. The predicted molar refractivity (Wildman–Crippen MR) is 61.8 cm³/mol. The lowest BCUT2D eigenvalue weighted by Crippen LogP contribution is -2.15. The largest absolute Gasteiger partial charge is 0.480 e. The van der Waals surface area contributed by atoms with Crippen LogP contribution in [0.4, 0.5) is 0 Å². The van der Waals surface area contributed by atoms with E-state index < -0.39 is 5.97 Å². The Bertz CT molecular complexity index is 140. The van der Waals surface area contributed by atoms with E-state index in [2.05, 4.69) is 6.92 Å². The van der Waals surface area contributed by atoms with Gasteiger partial charge < -0.3 is 5.11 Å². The standard InChI is InChI=1S/C9H18O2S2/c1-3-8(9(10)11)13-7-5-6-12-4-2/h8H,3-7H2,1-2H3,(H,10,11). The Hall–Kier alpha value is 0.170. The van der Waals surface area contributed by atoms with E-state index in [0.29, 0.717) is 0 Å². The van der Waals surface area contributed by atoms with Crippen molar-refractivity contribution < 1.29 is 9.90 Å². The molecule has 1 atom stereocenters. The number of aliphatic carboxylic acids is 1. The van der Waals surface area contributed by atoms with Gasteiger partial charge in [0.2, 0.25) is 0 Å². The molecule has 0 fully saturated rings. The summed E-state index contributed by atoms with van der Waals surface area (Å²) in [5.74, 6) is 2.61. The smallest absolute Gasteiger partial charge is 0.316 e. The maximum Gasteiger partial charge on any atom is 0.316 e. The Balaban J connectivity index is 3.33. The molecule has 78 valence electrons. The monoisotopic (exact) mass is 222 g/mol. The Labute approximate surface area is 88.9 Å². The van der Waals surface area contributed by atoms with Crippen molar-refractivity contribution in [3.05, 3.63) is 0 Å². The van der Waals surface area contributed by atoms with Crippen LogP contribution >= 0.6 is 23.5 Å². The maximum absolute atomic E-state index is 10.6. The number of hydrogen-bond donors (Lipinski definition) is 1. The molecule has 0 spiro atoms. The SMILES string of the molecule is CCSCCCSC(CC)C(=O)O. The zero-order valence-corrected chi connectivity index (χ0v) is 9.92. The molecule has 0 bridgehead atoms. The van der Waals surface area contributed by atoms with Crippen LogP contribution < -0.4 is 0 Å². The quantitative estimate of drug-likeness (QED) is 0.641. The molecule has 0 heterocycles. The van der Waals surface area contributed by atoms with Crippen LogP contribution in [0.2, 0.25) is 0 Å². The first-order valence-electron chi connectivity index (χ1n) is 4.64. The first kappa shape index (κ1) is 13.2. The van der Waals surface area contributed by atoms with Gasteiger partial charge in [-0.2, -0.15) is 11.8 Å². The van der Waals surface area contributed by atoms with Crippen molar-refractivity contribution in [2.24, 2.45) is 0 Å². The van der Waals surface area contributed by atoms with Crippen molar-refractivity contribution in [2.75, 3.05) is 17.3 Å². The molecule has 13 heavy (non-hydrogen) atoms. The van der Waals surface area contributed by atoms with Crippen molar-refractivity contribution in [3.8, 4) is 0 Å². The molecule has 0 aliphatic heterocycles. The third-order valence-corrected chi connectivity index (χ3v) is 4.05.